The van der Waals surface area contributed by atoms with Crippen molar-refractivity contribution in [2.75, 3.05) is 0 Å². The van der Waals surface area contributed by atoms with Crippen LogP contribution in [0.3, 0.4) is 0 Å². The molecule has 0 aliphatic rings. The molecule has 0 radical (unpaired) electrons. The van der Waals surface area contributed by atoms with Gasteiger partial charge in [0.1, 0.15) is 0 Å². The predicted octanol–water partition coefficient (Wildman–Crippen LogP) is 4.98. The van der Waals surface area contributed by atoms with E-state index in [4.69, 9.17) is 11.6 Å². The fraction of sp³-hybridized carbons (Fsp3) is 0.182. The lowest BCUT2D eigenvalue weighted by Gasteiger charge is -2.12. The summed E-state index contributed by atoms with van der Waals surface area (Å²) in [5.41, 5.74) is -0.461. The Labute approximate surface area is 109 Å². The van der Waals surface area contributed by atoms with Gasteiger partial charge in [-0.15, -0.1) is 0 Å². The van der Waals surface area contributed by atoms with Gasteiger partial charge in [-0.05, 0) is 28.9 Å². The van der Waals surface area contributed by atoms with Gasteiger partial charge in [0, 0.05) is 5.39 Å². The molecule has 2 aromatic rings. The molecule has 0 atom stereocenters. The second kappa shape index (κ2) is 4.14. The number of hydrogen-bond acceptors (Lipinski definition) is 1. The van der Waals surface area contributed by atoms with Crippen LogP contribution in [0.1, 0.15) is 11.3 Å². The molecule has 17 heavy (non-hydrogen) atoms. The molecule has 0 saturated heterocycles. The minimum atomic E-state index is -4.43. The lowest BCUT2D eigenvalue weighted by Crippen LogP contribution is -2.07. The first kappa shape index (κ1) is 12.6. The summed E-state index contributed by atoms with van der Waals surface area (Å²) in [7, 11) is 0. The Hall–Kier alpha value is -0.810. The molecular formula is C11H6BrClF3N. The van der Waals surface area contributed by atoms with E-state index in [-0.39, 0.29) is 10.5 Å². The molecule has 2 rings (SSSR count). The molecule has 0 aliphatic carbocycles. The third-order valence-electron chi connectivity index (χ3n) is 2.37. The SMILES string of the molecule is Cc1nc2c(C(F)(F)F)cccc2c(Cl)c1Br. The number of fused-ring (bicyclic) bond motifs is 1. The van der Waals surface area contributed by atoms with Crippen LogP contribution < -0.4 is 0 Å². The van der Waals surface area contributed by atoms with E-state index in [1.165, 1.54) is 12.1 Å². The van der Waals surface area contributed by atoms with Gasteiger partial charge in [0.05, 0.1) is 26.3 Å². The second-order valence-electron chi connectivity index (χ2n) is 3.52. The molecule has 0 fully saturated rings. The first-order valence-corrected chi connectivity index (χ1v) is 5.81. The highest BCUT2D eigenvalue weighted by Gasteiger charge is 2.33. The number of aromatic nitrogens is 1. The van der Waals surface area contributed by atoms with Crippen LogP contribution in [0, 0.1) is 6.92 Å². The van der Waals surface area contributed by atoms with Crippen LogP contribution in [-0.2, 0) is 6.18 Å². The van der Waals surface area contributed by atoms with Crippen molar-refractivity contribution in [1.29, 1.82) is 0 Å². The largest absolute Gasteiger partial charge is 0.418 e. The van der Waals surface area contributed by atoms with Gasteiger partial charge in [-0.3, -0.25) is 4.98 Å². The molecule has 0 spiro atoms. The fourth-order valence-electron chi connectivity index (χ4n) is 1.56. The summed E-state index contributed by atoms with van der Waals surface area (Å²) >= 11 is 9.20. The summed E-state index contributed by atoms with van der Waals surface area (Å²) in [4.78, 5) is 3.95. The number of rotatable bonds is 0. The Kier molecular flexibility index (Phi) is 3.08. The van der Waals surface area contributed by atoms with Crippen LogP contribution in [0.5, 0.6) is 0 Å². The maximum atomic E-state index is 12.8. The van der Waals surface area contributed by atoms with E-state index >= 15 is 0 Å². The average molecular weight is 325 g/mol. The summed E-state index contributed by atoms with van der Waals surface area (Å²) < 4.78 is 38.9. The van der Waals surface area contributed by atoms with Gasteiger partial charge in [0.25, 0.3) is 0 Å². The van der Waals surface area contributed by atoms with Gasteiger partial charge in [-0.25, -0.2) is 0 Å². The lowest BCUT2D eigenvalue weighted by atomic mass is 10.1. The number of aryl methyl sites for hydroxylation is 1. The van der Waals surface area contributed by atoms with E-state index in [1.54, 1.807) is 6.92 Å². The molecule has 0 saturated carbocycles. The van der Waals surface area contributed by atoms with Crippen LogP contribution in [0.2, 0.25) is 5.02 Å². The molecule has 0 bridgehead atoms. The highest BCUT2D eigenvalue weighted by molar-refractivity contribution is 9.10. The molecule has 1 nitrogen and oxygen atoms in total. The van der Waals surface area contributed by atoms with E-state index in [9.17, 15) is 13.2 Å². The molecule has 0 aliphatic heterocycles. The molecule has 0 N–H and O–H groups in total. The number of hydrogen-bond donors (Lipinski definition) is 0. The monoisotopic (exact) mass is 323 g/mol. The minimum Gasteiger partial charge on any atom is -0.251 e. The highest BCUT2D eigenvalue weighted by Crippen LogP contribution is 2.38. The molecular weight excluding hydrogens is 318 g/mol. The maximum Gasteiger partial charge on any atom is 0.418 e. The van der Waals surface area contributed by atoms with E-state index in [1.807, 2.05) is 0 Å². The van der Waals surface area contributed by atoms with Crippen LogP contribution >= 0.6 is 27.5 Å². The molecule has 1 heterocycles. The Balaban J connectivity index is 2.92. The molecule has 0 unspecified atom stereocenters. The van der Waals surface area contributed by atoms with Gasteiger partial charge in [0.15, 0.2) is 0 Å². The number of para-hydroxylation sites is 1. The number of nitrogens with zero attached hydrogens (tertiary/aromatic N) is 1. The Morgan fingerprint density at radius 1 is 1.29 bits per heavy atom. The topological polar surface area (TPSA) is 12.9 Å². The van der Waals surface area contributed by atoms with E-state index in [2.05, 4.69) is 20.9 Å². The molecule has 1 aromatic heterocycles. The summed E-state index contributed by atoms with van der Waals surface area (Å²) in [5.74, 6) is 0. The third-order valence-corrected chi connectivity index (χ3v) is 3.96. The van der Waals surface area contributed by atoms with Crippen molar-refractivity contribution in [2.45, 2.75) is 13.1 Å². The minimum absolute atomic E-state index is 0.120. The summed E-state index contributed by atoms with van der Waals surface area (Å²) in [6, 6.07) is 3.84. The van der Waals surface area contributed by atoms with Gasteiger partial charge < -0.3 is 0 Å². The van der Waals surface area contributed by atoms with E-state index in [0.29, 0.717) is 15.6 Å². The zero-order valence-electron chi connectivity index (χ0n) is 8.57. The standard InChI is InChI=1S/C11H6BrClF3N/c1-5-8(12)9(13)6-3-2-4-7(10(6)17-5)11(14,15)16/h2-4H,1H3. The van der Waals surface area contributed by atoms with E-state index < -0.39 is 11.7 Å². The van der Waals surface area contributed by atoms with Crippen molar-refractivity contribution in [1.82, 2.24) is 4.98 Å². The van der Waals surface area contributed by atoms with Gasteiger partial charge in [-0.1, -0.05) is 23.7 Å². The maximum absolute atomic E-state index is 12.8. The van der Waals surface area contributed by atoms with Crippen LogP contribution in [-0.4, -0.2) is 4.98 Å². The first-order chi connectivity index (χ1) is 7.82. The Morgan fingerprint density at radius 3 is 2.53 bits per heavy atom. The zero-order chi connectivity index (χ0) is 12.8. The molecule has 0 amide bonds. The van der Waals surface area contributed by atoms with Crippen molar-refractivity contribution < 1.29 is 13.2 Å². The number of halogens is 5. The van der Waals surface area contributed by atoms with Gasteiger partial charge in [0.2, 0.25) is 0 Å². The number of benzene rings is 1. The first-order valence-electron chi connectivity index (χ1n) is 4.64. The van der Waals surface area contributed by atoms with Crippen LogP contribution in [0.25, 0.3) is 10.9 Å². The summed E-state index contributed by atoms with van der Waals surface area (Å²) in [6.07, 6.45) is -4.43. The normalized spacial score (nSPS) is 12.1. The lowest BCUT2D eigenvalue weighted by molar-refractivity contribution is -0.136. The number of alkyl halides is 3. The van der Waals surface area contributed by atoms with Crippen molar-refractivity contribution in [2.24, 2.45) is 0 Å². The van der Waals surface area contributed by atoms with Gasteiger partial charge >= 0.3 is 6.18 Å². The molecule has 90 valence electrons. The van der Waals surface area contributed by atoms with Crippen molar-refractivity contribution in [3.05, 3.63) is 39.0 Å². The van der Waals surface area contributed by atoms with Crippen LogP contribution in [0.15, 0.2) is 22.7 Å². The fourth-order valence-corrected chi connectivity index (χ4v) is 2.16. The van der Waals surface area contributed by atoms with Gasteiger partial charge in [-0.2, -0.15) is 13.2 Å². The van der Waals surface area contributed by atoms with Crippen molar-refractivity contribution in [3.8, 4) is 0 Å². The van der Waals surface area contributed by atoms with Crippen molar-refractivity contribution >= 4 is 38.4 Å². The van der Waals surface area contributed by atoms with Crippen molar-refractivity contribution in [3.63, 3.8) is 0 Å². The van der Waals surface area contributed by atoms with Crippen LogP contribution in [0.4, 0.5) is 13.2 Å². The Bertz CT molecular complexity index is 595. The summed E-state index contributed by atoms with van der Waals surface area (Å²) in [6.45, 7) is 1.60. The third kappa shape index (κ3) is 2.13. The highest BCUT2D eigenvalue weighted by atomic mass is 79.9. The Morgan fingerprint density at radius 2 is 1.94 bits per heavy atom. The zero-order valence-corrected chi connectivity index (χ0v) is 10.9. The number of pyridine rings is 1. The predicted molar refractivity (Wildman–Crippen MR) is 64.2 cm³/mol. The average Bonchev–Trinajstić information content (AvgIpc) is 2.24. The molecule has 1 aromatic carbocycles. The smallest absolute Gasteiger partial charge is 0.251 e. The second-order valence-corrected chi connectivity index (χ2v) is 4.70. The summed E-state index contributed by atoms with van der Waals surface area (Å²) in [5, 5.41) is 0.539. The quantitative estimate of drug-likeness (QED) is 0.666. The van der Waals surface area contributed by atoms with E-state index in [0.717, 1.165) is 6.07 Å². The molecule has 6 heteroatoms.